The first-order valence-electron chi connectivity index (χ1n) is 8.81. The summed E-state index contributed by atoms with van der Waals surface area (Å²) in [5.41, 5.74) is 13.1. The molecule has 0 bridgehead atoms. The van der Waals surface area contributed by atoms with Crippen LogP contribution in [0, 0.1) is 6.92 Å². The molecule has 0 spiro atoms. The lowest BCUT2D eigenvalue weighted by atomic mass is 10.1. The number of imidazole rings is 1. The lowest BCUT2D eigenvalue weighted by Crippen LogP contribution is -2.23. The van der Waals surface area contributed by atoms with Gasteiger partial charge >= 0.3 is 0 Å². The second kappa shape index (κ2) is 6.59. The summed E-state index contributed by atoms with van der Waals surface area (Å²) in [4.78, 5) is 9.10. The third-order valence-corrected chi connectivity index (χ3v) is 4.75. The van der Waals surface area contributed by atoms with Crippen molar-refractivity contribution in [1.29, 1.82) is 0 Å². The number of aromatic nitrogens is 2. The number of rotatable bonds is 4. The Hall–Kier alpha value is -2.82. The first kappa shape index (κ1) is 15.7. The number of pyridine rings is 1. The molecule has 0 unspecified atom stereocenters. The molecular formula is C20H23N5. The number of hydrogen-bond donors (Lipinski definition) is 2. The lowest BCUT2D eigenvalue weighted by molar-refractivity contribution is 0.912. The van der Waals surface area contributed by atoms with Gasteiger partial charge in [0.2, 0.25) is 0 Å². The SMILES string of the molecule is Cc1cccn2cc(CCN=C(N)Nc3ccc4c(c3)CCC4)nc12. The molecule has 4 rings (SSSR count). The van der Waals surface area contributed by atoms with E-state index in [9.17, 15) is 0 Å². The zero-order chi connectivity index (χ0) is 17.2. The average molecular weight is 333 g/mol. The zero-order valence-corrected chi connectivity index (χ0v) is 14.5. The van der Waals surface area contributed by atoms with Gasteiger partial charge in [-0.25, -0.2) is 4.98 Å². The van der Waals surface area contributed by atoms with Crippen LogP contribution in [0.2, 0.25) is 0 Å². The molecule has 25 heavy (non-hydrogen) atoms. The molecule has 3 N–H and O–H groups in total. The standard InChI is InChI=1S/C20H23N5/c1-14-4-3-11-25-13-18(23-19(14)25)9-10-22-20(21)24-17-8-7-15-5-2-6-16(15)12-17/h3-4,7-8,11-13H,2,5-6,9-10H2,1H3,(H3,21,22,24). The maximum atomic E-state index is 6.03. The molecule has 1 aliphatic carbocycles. The van der Waals surface area contributed by atoms with Gasteiger partial charge in [-0.05, 0) is 61.1 Å². The Labute approximate surface area is 147 Å². The summed E-state index contributed by atoms with van der Waals surface area (Å²) in [5.74, 6) is 0.456. The molecule has 5 nitrogen and oxygen atoms in total. The van der Waals surface area contributed by atoms with Crippen LogP contribution in [0.25, 0.3) is 5.65 Å². The van der Waals surface area contributed by atoms with Gasteiger partial charge in [-0.15, -0.1) is 0 Å². The molecule has 1 aliphatic rings. The predicted molar refractivity (Wildman–Crippen MR) is 102 cm³/mol. The first-order valence-corrected chi connectivity index (χ1v) is 8.81. The fourth-order valence-corrected chi connectivity index (χ4v) is 3.45. The zero-order valence-electron chi connectivity index (χ0n) is 14.5. The fourth-order valence-electron chi connectivity index (χ4n) is 3.45. The minimum atomic E-state index is 0.456. The number of benzene rings is 1. The molecule has 0 saturated carbocycles. The molecule has 0 saturated heterocycles. The van der Waals surface area contributed by atoms with Gasteiger partial charge in [-0.1, -0.05) is 12.1 Å². The Morgan fingerprint density at radius 3 is 3.04 bits per heavy atom. The van der Waals surface area contributed by atoms with Gasteiger partial charge in [-0.3, -0.25) is 4.99 Å². The largest absolute Gasteiger partial charge is 0.370 e. The van der Waals surface area contributed by atoms with E-state index in [1.165, 1.54) is 29.5 Å². The fraction of sp³-hybridized carbons (Fsp3) is 0.300. The maximum absolute atomic E-state index is 6.03. The van der Waals surface area contributed by atoms with Crippen LogP contribution < -0.4 is 11.1 Å². The van der Waals surface area contributed by atoms with Crippen molar-refractivity contribution in [2.75, 3.05) is 11.9 Å². The van der Waals surface area contributed by atoms with Crippen LogP contribution in [-0.2, 0) is 19.3 Å². The summed E-state index contributed by atoms with van der Waals surface area (Å²) in [7, 11) is 0. The van der Waals surface area contributed by atoms with Gasteiger partial charge in [-0.2, -0.15) is 0 Å². The third kappa shape index (κ3) is 3.36. The van der Waals surface area contributed by atoms with Gasteiger partial charge in [0.15, 0.2) is 5.96 Å². The van der Waals surface area contributed by atoms with Crippen LogP contribution in [0.5, 0.6) is 0 Å². The Bertz CT molecular complexity index is 938. The highest BCUT2D eigenvalue weighted by atomic mass is 15.1. The second-order valence-corrected chi connectivity index (χ2v) is 6.63. The molecule has 0 aliphatic heterocycles. The van der Waals surface area contributed by atoms with Crippen molar-refractivity contribution in [1.82, 2.24) is 9.38 Å². The number of nitrogens with two attached hydrogens (primary N) is 1. The number of aryl methyl sites for hydroxylation is 3. The van der Waals surface area contributed by atoms with Crippen molar-refractivity contribution in [2.24, 2.45) is 10.7 Å². The molecule has 0 atom stereocenters. The number of nitrogens with one attached hydrogen (secondary N) is 1. The van der Waals surface area contributed by atoms with Crippen molar-refractivity contribution in [3.63, 3.8) is 0 Å². The molecule has 2 aromatic heterocycles. The molecule has 0 fully saturated rings. The van der Waals surface area contributed by atoms with E-state index in [0.29, 0.717) is 12.5 Å². The Morgan fingerprint density at radius 1 is 1.28 bits per heavy atom. The van der Waals surface area contributed by atoms with Gasteiger partial charge in [0.05, 0.1) is 5.69 Å². The maximum Gasteiger partial charge on any atom is 0.193 e. The molecule has 128 valence electrons. The minimum Gasteiger partial charge on any atom is -0.370 e. The van der Waals surface area contributed by atoms with Crippen LogP contribution in [0.15, 0.2) is 47.7 Å². The van der Waals surface area contributed by atoms with Crippen LogP contribution in [-0.4, -0.2) is 21.9 Å². The summed E-state index contributed by atoms with van der Waals surface area (Å²) in [6, 6.07) is 10.6. The highest BCUT2D eigenvalue weighted by molar-refractivity contribution is 5.92. The first-order chi connectivity index (χ1) is 12.2. The molecule has 1 aromatic carbocycles. The lowest BCUT2D eigenvalue weighted by Gasteiger charge is -2.07. The van der Waals surface area contributed by atoms with Gasteiger partial charge in [0.25, 0.3) is 0 Å². The van der Waals surface area contributed by atoms with Gasteiger partial charge in [0, 0.05) is 31.0 Å². The molecular weight excluding hydrogens is 310 g/mol. The normalized spacial score (nSPS) is 14.0. The highest BCUT2D eigenvalue weighted by Gasteiger charge is 2.10. The van der Waals surface area contributed by atoms with Crippen LogP contribution in [0.4, 0.5) is 5.69 Å². The van der Waals surface area contributed by atoms with E-state index in [0.717, 1.165) is 29.9 Å². The van der Waals surface area contributed by atoms with E-state index in [4.69, 9.17) is 5.73 Å². The van der Waals surface area contributed by atoms with E-state index in [1.54, 1.807) is 0 Å². The predicted octanol–water partition coefficient (Wildman–Crippen LogP) is 3.10. The minimum absolute atomic E-state index is 0.456. The summed E-state index contributed by atoms with van der Waals surface area (Å²) in [6.45, 7) is 2.69. The number of nitrogens with zero attached hydrogens (tertiary/aromatic N) is 3. The Balaban J connectivity index is 1.38. The van der Waals surface area contributed by atoms with E-state index < -0.39 is 0 Å². The topological polar surface area (TPSA) is 67.7 Å². The van der Waals surface area contributed by atoms with Crippen LogP contribution in [0.3, 0.4) is 0 Å². The van der Waals surface area contributed by atoms with E-state index in [-0.39, 0.29) is 0 Å². The third-order valence-electron chi connectivity index (χ3n) is 4.75. The quantitative estimate of drug-likeness (QED) is 0.569. The molecule has 0 radical (unpaired) electrons. The van der Waals surface area contributed by atoms with Crippen LogP contribution in [0.1, 0.15) is 28.8 Å². The molecule has 0 amide bonds. The average Bonchev–Trinajstić information content (AvgIpc) is 3.21. The number of hydrogen-bond acceptors (Lipinski definition) is 2. The van der Waals surface area contributed by atoms with Gasteiger partial charge < -0.3 is 15.5 Å². The smallest absolute Gasteiger partial charge is 0.193 e. The number of fused-ring (bicyclic) bond motifs is 2. The van der Waals surface area contributed by atoms with Crippen molar-refractivity contribution in [3.05, 3.63) is 65.1 Å². The van der Waals surface area contributed by atoms with E-state index in [1.807, 2.05) is 12.3 Å². The van der Waals surface area contributed by atoms with E-state index >= 15 is 0 Å². The second-order valence-electron chi connectivity index (χ2n) is 6.63. The van der Waals surface area contributed by atoms with Crippen molar-refractivity contribution >= 4 is 17.3 Å². The summed E-state index contributed by atoms with van der Waals surface area (Å²) in [5, 5.41) is 3.20. The van der Waals surface area contributed by atoms with Crippen molar-refractivity contribution < 1.29 is 0 Å². The monoisotopic (exact) mass is 333 g/mol. The number of anilines is 1. The number of guanidine groups is 1. The van der Waals surface area contributed by atoms with Crippen molar-refractivity contribution in [2.45, 2.75) is 32.6 Å². The molecule has 2 heterocycles. The number of aliphatic imine (C=N–C) groups is 1. The Kier molecular flexibility index (Phi) is 4.14. The summed E-state index contributed by atoms with van der Waals surface area (Å²) >= 11 is 0. The van der Waals surface area contributed by atoms with Gasteiger partial charge in [0.1, 0.15) is 5.65 Å². The highest BCUT2D eigenvalue weighted by Crippen LogP contribution is 2.24. The Morgan fingerprint density at radius 2 is 2.16 bits per heavy atom. The van der Waals surface area contributed by atoms with Crippen LogP contribution >= 0.6 is 0 Å². The summed E-state index contributed by atoms with van der Waals surface area (Å²) < 4.78 is 2.06. The van der Waals surface area contributed by atoms with Crippen molar-refractivity contribution in [3.8, 4) is 0 Å². The van der Waals surface area contributed by atoms with E-state index in [2.05, 4.69) is 57.1 Å². The molecule has 5 heteroatoms. The summed E-state index contributed by atoms with van der Waals surface area (Å²) in [6.07, 6.45) is 8.45. The molecule has 3 aromatic rings.